The first kappa shape index (κ1) is 16.7. The Hall–Kier alpha value is -0.630. The van der Waals surface area contributed by atoms with Crippen molar-refractivity contribution in [3.8, 4) is 0 Å². The van der Waals surface area contributed by atoms with Crippen molar-refractivity contribution in [2.75, 3.05) is 0 Å². The van der Waals surface area contributed by atoms with E-state index in [4.69, 9.17) is 0 Å². The normalized spacial score (nSPS) is 24.1. The second-order valence-electron chi connectivity index (χ2n) is 8.69. The van der Waals surface area contributed by atoms with Crippen LogP contribution in [0.25, 0.3) is 0 Å². The van der Waals surface area contributed by atoms with E-state index >= 15 is 0 Å². The molecule has 0 unspecified atom stereocenters. The lowest BCUT2D eigenvalue weighted by Crippen LogP contribution is -2.28. The van der Waals surface area contributed by atoms with Gasteiger partial charge < -0.3 is 0 Å². The molecule has 21 heavy (non-hydrogen) atoms. The van der Waals surface area contributed by atoms with Crippen LogP contribution in [-0.4, -0.2) is 5.78 Å². The number of ketones is 1. The highest BCUT2D eigenvalue weighted by atomic mass is 32.1. The minimum atomic E-state index is 0.146. The zero-order valence-corrected chi connectivity index (χ0v) is 15.3. The Morgan fingerprint density at radius 1 is 1.00 bits per heavy atom. The molecule has 118 valence electrons. The number of carbonyl (C=O) groups excluding carboxylic acids is 1. The van der Waals surface area contributed by atoms with Gasteiger partial charge in [0.05, 0.1) is 4.88 Å². The van der Waals surface area contributed by atoms with Crippen LogP contribution < -0.4 is 0 Å². The van der Waals surface area contributed by atoms with Gasteiger partial charge in [0, 0.05) is 10.8 Å². The van der Waals surface area contributed by atoms with E-state index in [2.05, 4.69) is 47.6 Å². The van der Waals surface area contributed by atoms with Crippen LogP contribution in [0.15, 0.2) is 12.1 Å². The average Bonchev–Trinajstić information content (AvgIpc) is 2.86. The van der Waals surface area contributed by atoms with Gasteiger partial charge in [-0.2, -0.15) is 0 Å². The number of Topliss-reactive ketones (excluding diaryl/α,β-unsaturated/α-hetero) is 1. The molecule has 1 aliphatic carbocycles. The third-order valence-electron chi connectivity index (χ3n) is 4.91. The van der Waals surface area contributed by atoms with Crippen LogP contribution in [-0.2, 0) is 5.41 Å². The summed E-state index contributed by atoms with van der Waals surface area (Å²) < 4.78 is 0. The predicted molar refractivity (Wildman–Crippen MR) is 92.3 cm³/mol. The Morgan fingerprint density at radius 2 is 1.57 bits per heavy atom. The first-order chi connectivity index (χ1) is 9.59. The van der Waals surface area contributed by atoms with E-state index in [9.17, 15) is 4.79 Å². The van der Waals surface area contributed by atoms with E-state index in [1.807, 2.05) is 6.07 Å². The smallest absolute Gasteiger partial charge is 0.175 e. The lowest BCUT2D eigenvalue weighted by atomic mass is 9.69. The molecule has 0 bridgehead atoms. The summed E-state index contributed by atoms with van der Waals surface area (Å²) in [5.74, 6) is 1.42. The maximum Gasteiger partial charge on any atom is 0.175 e. The Balaban J connectivity index is 2.01. The maximum atomic E-state index is 12.7. The molecule has 2 heteroatoms. The van der Waals surface area contributed by atoms with Crippen molar-refractivity contribution >= 4 is 17.1 Å². The van der Waals surface area contributed by atoms with Gasteiger partial charge in [-0.1, -0.05) is 41.5 Å². The van der Waals surface area contributed by atoms with Crippen molar-refractivity contribution in [3.63, 3.8) is 0 Å². The van der Waals surface area contributed by atoms with Crippen molar-refractivity contribution in [3.05, 3.63) is 21.9 Å². The third-order valence-corrected chi connectivity index (χ3v) is 6.44. The van der Waals surface area contributed by atoms with E-state index in [-0.39, 0.29) is 11.3 Å². The van der Waals surface area contributed by atoms with Crippen LogP contribution in [0.1, 0.15) is 81.8 Å². The molecular weight excluding hydrogens is 276 g/mol. The Morgan fingerprint density at radius 3 is 2.00 bits per heavy atom. The summed E-state index contributed by atoms with van der Waals surface area (Å²) in [5.41, 5.74) is 0.531. The van der Waals surface area contributed by atoms with E-state index < -0.39 is 0 Å². The van der Waals surface area contributed by atoms with E-state index in [1.54, 1.807) is 11.3 Å². The van der Waals surface area contributed by atoms with Gasteiger partial charge in [0.15, 0.2) is 5.78 Å². The highest BCUT2D eigenvalue weighted by Crippen LogP contribution is 2.41. The molecule has 2 rings (SSSR count). The highest BCUT2D eigenvalue weighted by Gasteiger charge is 2.33. The minimum Gasteiger partial charge on any atom is -0.293 e. The number of carbonyl (C=O) groups is 1. The Kier molecular flexibility index (Phi) is 4.68. The molecule has 0 N–H and O–H groups in total. The number of hydrogen-bond acceptors (Lipinski definition) is 2. The van der Waals surface area contributed by atoms with Crippen LogP contribution >= 0.6 is 11.3 Å². The molecule has 0 saturated heterocycles. The molecule has 0 aromatic carbocycles. The monoisotopic (exact) mass is 306 g/mol. The zero-order valence-electron chi connectivity index (χ0n) is 14.5. The molecule has 1 saturated carbocycles. The second-order valence-corrected chi connectivity index (χ2v) is 9.78. The largest absolute Gasteiger partial charge is 0.293 e. The molecule has 1 nitrogen and oxygen atoms in total. The summed E-state index contributed by atoms with van der Waals surface area (Å²) in [4.78, 5) is 15.0. The molecule has 0 amide bonds. The van der Waals surface area contributed by atoms with Gasteiger partial charge in [-0.25, -0.2) is 0 Å². The van der Waals surface area contributed by atoms with Crippen LogP contribution in [0.5, 0.6) is 0 Å². The minimum absolute atomic E-state index is 0.146. The zero-order chi connectivity index (χ0) is 15.8. The van der Waals surface area contributed by atoms with Gasteiger partial charge in [-0.05, 0) is 54.6 Å². The lowest BCUT2D eigenvalue weighted by molar-refractivity contribution is 0.0823. The van der Waals surface area contributed by atoms with E-state index in [1.165, 1.54) is 17.7 Å². The summed E-state index contributed by atoms with van der Waals surface area (Å²) in [6.07, 6.45) is 4.56. The van der Waals surface area contributed by atoms with E-state index in [0.717, 1.165) is 23.6 Å². The number of thiophene rings is 1. The molecule has 0 radical (unpaired) electrons. The summed E-state index contributed by atoms with van der Waals surface area (Å²) in [6.45, 7) is 13.6. The topological polar surface area (TPSA) is 17.1 Å². The average molecular weight is 307 g/mol. The standard InChI is InChI=1S/C19H30OS/c1-18(2,3)14-9-7-13(8-10-14)17(20)15-11-12-16(21-15)19(4,5)6/h11-14H,7-10H2,1-6H3. The quantitative estimate of drug-likeness (QED) is 0.605. The Bertz CT molecular complexity index is 490. The molecule has 1 fully saturated rings. The van der Waals surface area contributed by atoms with Gasteiger partial charge >= 0.3 is 0 Å². The number of rotatable bonds is 2. The van der Waals surface area contributed by atoms with Gasteiger partial charge in [-0.15, -0.1) is 11.3 Å². The number of hydrogen-bond donors (Lipinski definition) is 0. The summed E-state index contributed by atoms with van der Waals surface area (Å²) in [6, 6.07) is 4.18. The first-order valence-electron chi connectivity index (χ1n) is 8.23. The van der Waals surface area contributed by atoms with Gasteiger partial charge in [0.1, 0.15) is 0 Å². The highest BCUT2D eigenvalue weighted by molar-refractivity contribution is 7.14. The molecule has 0 aliphatic heterocycles. The van der Waals surface area contributed by atoms with Crippen LogP contribution in [0.2, 0.25) is 0 Å². The molecular formula is C19H30OS. The molecule has 0 atom stereocenters. The molecule has 1 aromatic heterocycles. The molecule has 1 aliphatic rings. The fraction of sp³-hybridized carbons (Fsp3) is 0.737. The van der Waals surface area contributed by atoms with Crippen LogP contribution in [0, 0.1) is 17.3 Å². The van der Waals surface area contributed by atoms with Crippen molar-refractivity contribution in [2.45, 2.75) is 72.6 Å². The van der Waals surface area contributed by atoms with Gasteiger partial charge in [0.2, 0.25) is 0 Å². The van der Waals surface area contributed by atoms with Crippen molar-refractivity contribution < 1.29 is 4.79 Å². The van der Waals surface area contributed by atoms with Crippen molar-refractivity contribution in [1.82, 2.24) is 0 Å². The molecule has 1 heterocycles. The Labute approximate surface area is 134 Å². The lowest BCUT2D eigenvalue weighted by Gasteiger charge is -2.36. The summed E-state index contributed by atoms with van der Waals surface area (Å²) in [5, 5.41) is 0. The van der Waals surface area contributed by atoms with Crippen molar-refractivity contribution in [2.24, 2.45) is 17.3 Å². The maximum absolute atomic E-state index is 12.7. The first-order valence-corrected chi connectivity index (χ1v) is 9.05. The molecule has 0 spiro atoms. The van der Waals surface area contributed by atoms with Crippen LogP contribution in [0.3, 0.4) is 0 Å². The second kappa shape index (κ2) is 5.87. The summed E-state index contributed by atoms with van der Waals surface area (Å²) in [7, 11) is 0. The van der Waals surface area contributed by atoms with Gasteiger partial charge in [-0.3, -0.25) is 4.79 Å². The third kappa shape index (κ3) is 3.97. The van der Waals surface area contributed by atoms with E-state index in [0.29, 0.717) is 11.2 Å². The SMILES string of the molecule is CC(C)(C)c1ccc(C(=O)C2CCC(C(C)(C)C)CC2)s1. The van der Waals surface area contributed by atoms with Crippen LogP contribution in [0.4, 0.5) is 0 Å². The summed E-state index contributed by atoms with van der Waals surface area (Å²) >= 11 is 1.70. The fourth-order valence-corrected chi connectivity index (χ4v) is 4.38. The van der Waals surface area contributed by atoms with Gasteiger partial charge in [0.25, 0.3) is 0 Å². The van der Waals surface area contributed by atoms with Crippen molar-refractivity contribution in [1.29, 1.82) is 0 Å². The predicted octanol–water partition coefficient (Wildman–Crippen LogP) is 6.08. The fourth-order valence-electron chi connectivity index (χ4n) is 3.30. The molecule has 1 aromatic rings.